The third-order valence-corrected chi connectivity index (χ3v) is 13.5. The Bertz CT molecular complexity index is 2610. The van der Waals surface area contributed by atoms with Gasteiger partial charge in [0.25, 0.3) is 0 Å². The van der Waals surface area contributed by atoms with E-state index < -0.39 is 172 Å². The van der Waals surface area contributed by atoms with Crippen LogP contribution in [0, 0.1) is 0 Å². The first-order valence-corrected chi connectivity index (χ1v) is 28.0. The van der Waals surface area contributed by atoms with Crippen LogP contribution in [0.5, 0.6) is 0 Å². The number of esters is 4. The van der Waals surface area contributed by atoms with E-state index in [4.69, 9.17) is 37.3 Å². The summed E-state index contributed by atoms with van der Waals surface area (Å²) in [5.41, 5.74) is 1.09. The summed E-state index contributed by atoms with van der Waals surface area (Å²) in [5, 5.41) is 16.1. The monoisotopic (exact) mass is 1230 g/mol. The SMILES string of the molecule is COC(=O)[C@@H](C)NC(=O)[C@@H](C)NC(=O)[C@H](CCCCNC(=O)C(F)(F)F)NC(=O)CC[C@@H](NC(=O)[C@H](C)NC(=O)[C@@H](C)O[C@@H]1[C@@H](NC(C)=O)[C@@H](OP(=O)(OCc2ccccc2)OCc2ccccc2)O[C@H](COC(C)=O)[C@H]1OC(C)=O)C(=O)OC. The lowest BCUT2D eigenvalue weighted by Crippen LogP contribution is -2.67. The topological polar surface area (TPSA) is 372 Å². The highest BCUT2D eigenvalue weighted by Gasteiger charge is 2.53. The Morgan fingerprint density at radius 3 is 1.69 bits per heavy atom. The molecule has 2 aromatic carbocycles. The molecule has 1 heterocycles. The van der Waals surface area contributed by atoms with Gasteiger partial charge in [0.2, 0.25) is 35.4 Å². The molecular formula is C53H73F3N7O21P. The maximum atomic E-state index is 14.7. The number of unbranched alkanes of at least 4 members (excludes halogenated alkanes) is 1. The fourth-order valence-electron chi connectivity index (χ4n) is 7.81. The molecule has 0 bridgehead atoms. The average molecular weight is 1230 g/mol. The van der Waals surface area contributed by atoms with Gasteiger partial charge in [0.15, 0.2) is 12.4 Å². The molecule has 32 heteroatoms. The zero-order chi connectivity index (χ0) is 63.6. The standard InChI is InChI=1S/C53H73F3N7O21P/c1-29(45(68)60-31(3)49(72)76-8)59-48(71)38(22-16-17-25-57-52(74)53(54,55)56)62-41(67)24-23-39(50(73)77-9)63-46(69)30(2)58-47(70)32(4)81-44-42(61-33(5)64)51(83-40(28-78-34(6)65)43(44)82-35(7)66)84-85(75,79-26-36-18-12-10-13-19-36)80-27-37-20-14-11-15-21-37/h10-15,18-21,29-32,38-40,42-44,51H,16-17,22-28H2,1-9H3,(H,57,74)(H,58,70)(H,59,71)(H,60,68)(H,61,64)(H,62,67)(H,63,69)/t29-,30+,31-,32-,38+,39-,40-,42-,43-,44-,51-/m1/s1. The van der Waals surface area contributed by atoms with Gasteiger partial charge < -0.3 is 65.6 Å². The van der Waals surface area contributed by atoms with Crippen LogP contribution in [0.15, 0.2) is 60.7 Å². The number of carbonyl (C=O) groups excluding carboxylic acids is 11. The number of amides is 7. The van der Waals surface area contributed by atoms with Crippen LogP contribution in [0.3, 0.4) is 0 Å². The number of hydrogen-bond donors (Lipinski definition) is 7. The Hall–Kier alpha value is -7.57. The number of ether oxygens (including phenoxy) is 6. The Labute approximate surface area is 487 Å². The Kier molecular flexibility index (Phi) is 29.5. The Balaban J connectivity index is 1.84. The molecule has 11 atom stereocenters. The minimum atomic E-state index is -5.15. The van der Waals surface area contributed by atoms with E-state index in [1.165, 1.54) is 27.7 Å². The van der Waals surface area contributed by atoms with Gasteiger partial charge in [-0.2, -0.15) is 13.2 Å². The van der Waals surface area contributed by atoms with E-state index in [1.54, 1.807) is 66.0 Å². The summed E-state index contributed by atoms with van der Waals surface area (Å²) in [5.74, 6) is -11.3. The number of nitrogens with one attached hydrogen (secondary N) is 7. The molecule has 0 aromatic heterocycles. The van der Waals surface area contributed by atoms with Crippen molar-refractivity contribution in [3.05, 3.63) is 71.8 Å². The first-order chi connectivity index (χ1) is 40.0. The van der Waals surface area contributed by atoms with E-state index in [9.17, 15) is 70.5 Å². The van der Waals surface area contributed by atoms with Crippen LogP contribution in [0.1, 0.15) is 91.7 Å². The van der Waals surface area contributed by atoms with E-state index >= 15 is 0 Å². The maximum Gasteiger partial charge on any atom is 0.477 e. The van der Waals surface area contributed by atoms with Crippen molar-refractivity contribution in [3.63, 3.8) is 0 Å². The molecule has 7 N–H and O–H groups in total. The van der Waals surface area contributed by atoms with E-state index in [1.807, 2.05) is 0 Å². The summed E-state index contributed by atoms with van der Waals surface area (Å²) in [6, 6.07) is 8.36. The van der Waals surface area contributed by atoms with Gasteiger partial charge in [0.05, 0.1) is 27.4 Å². The predicted octanol–water partition coefficient (Wildman–Crippen LogP) is 1.50. The average Bonchev–Trinajstić information content (AvgIpc) is 2.97. The highest BCUT2D eigenvalue weighted by molar-refractivity contribution is 7.48. The van der Waals surface area contributed by atoms with Crippen molar-refractivity contribution < 1.29 is 112 Å². The number of phosphoric acid groups is 1. The van der Waals surface area contributed by atoms with Gasteiger partial charge in [0.1, 0.15) is 61.2 Å². The van der Waals surface area contributed by atoms with Gasteiger partial charge in [-0.15, -0.1) is 0 Å². The van der Waals surface area contributed by atoms with Gasteiger partial charge in [-0.3, -0.25) is 56.7 Å². The number of methoxy groups -OCH3 is 2. The number of carbonyl (C=O) groups is 11. The molecular weight excluding hydrogens is 1160 g/mol. The quantitative estimate of drug-likeness (QED) is 0.0230. The number of rotatable bonds is 33. The smallest absolute Gasteiger partial charge is 0.467 e. The van der Waals surface area contributed by atoms with Crippen LogP contribution < -0.4 is 37.2 Å². The van der Waals surface area contributed by atoms with Gasteiger partial charge >= 0.3 is 43.8 Å². The highest BCUT2D eigenvalue weighted by Crippen LogP contribution is 2.53. The van der Waals surface area contributed by atoms with Crippen LogP contribution in [0.25, 0.3) is 0 Å². The molecule has 28 nitrogen and oxygen atoms in total. The molecule has 1 aliphatic rings. The summed E-state index contributed by atoms with van der Waals surface area (Å²) in [6.45, 7) is 6.39. The zero-order valence-electron chi connectivity index (χ0n) is 48.1. The lowest BCUT2D eigenvalue weighted by Gasteiger charge is -2.46. The third-order valence-electron chi connectivity index (χ3n) is 12.2. The normalized spacial score (nSPS) is 18.8. The second-order valence-electron chi connectivity index (χ2n) is 19.2. The molecule has 3 rings (SSSR count). The van der Waals surface area contributed by atoms with Crippen molar-refractivity contribution in [1.82, 2.24) is 37.2 Å². The summed E-state index contributed by atoms with van der Waals surface area (Å²) >= 11 is 0. The first kappa shape index (κ1) is 71.7. The van der Waals surface area contributed by atoms with Gasteiger partial charge in [-0.25, -0.2) is 14.2 Å². The Morgan fingerprint density at radius 2 is 1.18 bits per heavy atom. The fraction of sp³-hybridized carbons (Fsp3) is 0.566. The summed E-state index contributed by atoms with van der Waals surface area (Å²) in [7, 11) is -2.73. The molecule has 1 aliphatic heterocycles. The lowest BCUT2D eigenvalue weighted by molar-refractivity contribution is -0.268. The molecule has 0 unspecified atom stereocenters. The third kappa shape index (κ3) is 25.3. The van der Waals surface area contributed by atoms with Crippen LogP contribution in [0.4, 0.5) is 13.2 Å². The molecule has 0 aliphatic carbocycles. The van der Waals surface area contributed by atoms with Gasteiger partial charge in [-0.1, -0.05) is 60.7 Å². The molecule has 2 aromatic rings. The molecule has 0 saturated carbocycles. The van der Waals surface area contributed by atoms with E-state index in [0.29, 0.717) is 11.1 Å². The van der Waals surface area contributed by atoms with Gasteiger partial charge in [0, 0.05) is 33.7 Å². The molecule has 1 saturated heterocycles. The van der Waals surface area contributed by atoms with E-state index in [-0.39, 0.29) is 32.5 Å². The van der Waals surface area contributed by atoms with Crippen molar-refractivity contribution in [1.29, 1.82) is 0 Å². The molecule has 85 heavy (non-hydrogen) atoms. The molecule has 0 radical (unpaired) electrons. The van der Waals surface area contributed by atoms with Crippen molar-refractivity contribution in [2.24, 2.45) is 0 Å². The summed E-state index contributed by atoms with van der Waals surface area (Å²) in [4.78, 5) is 141. The molecule has 7 amide bonds. The second-order valence-corrected chi connectivity index (χ2v) is 20.8. The van der Waals surface area contributed by atoms with E-state index in [0.717, 1.165) is 35.0 Å². The fourth-order valence-corrected chi connectivity index (χ4v) is 9.06. The highest BCUT2D eigenvalue weighted by atomic mass is 31.2. The number of halogens is 3. The van der Waals surface area contributed by atoms with Crippen molar-refractivity contribution in [2.45, 2.75) is 167 Å². The van der Waals surface area contributed by atoms with Crippen LogP contribution >= 0.6 is 7.82 Å². The predicted molar refractivity (Wildman–Crippen MR) is 287 cm³/mol. The molecule has 472 valence electrons. The van der Waals surface area contributed by atoms with Crippen LogP contribution in [0.2, 0.25) is 0 Å². The largest absolute Gasteiger partial charge is 0.477 e. The maximum absolute atomic E-state index is 14.7. The van der Waals surface area contributed by atoms with Crippen LogP contribution in [-0.2, 0) is 113 Å². The zero-order valence-corrected chi connectivity index (χ0v) is 49.0. The number of phosphoric ester groups is 1. The van der Waals surface area contributed by atoms with Crippen molar-refractivity contribution in [2.75, 3.05) is 27.4 Å². The Morgan fingerprint density at radius 1 is 0.635 bits per heavy atom. The molecule has 0 spiro atoms. The van der Waals surface area contributed by atoms with Gasteiger partial charge in [-0.05, 0) is 64.5 Å². The lowest BCUT2D eigenvalue weighted by atomic mass is 9.96. The second kappa shape index (κ2) is 35.0. The molecule has 1 fully saturated rings. The minimum Gasteiger partial charge on any atom is -0.467 e. The number of alkyl halides is 3. The number of hydrogen-bond acceptors (Lipinski definition) is 21. The van der Waals surface area contributed by atoms with Crippen molar-refractivity contribution >= 4 is 73.1 Å². The van der Waals surface area contributed by atoms with Crippen molar-refractivity contribution in [3.8, 4) is 0 Å². The summed E-state index contributed by atoms with van der Waals surface area (Å²) < 4.78 is 103. The minimum absolute atomic E-state index is 0.0486. The summed E-state index contributed by atoms with van der Waals surface area (Å²) in [6.07, 6.45) is -15.0. The first-order valence-electron chi connectivity index (χ1n) is 26.5. The number of benzene rings is 2. The van der Waals surface area contributed by atoms with Crippen LogP contribution in [-0.4, -0.2) is 166 Å². The van der Waals surface area contributed by atoms with E-state index in [2.05, 4.69) is 36.6 Å².